The average molecular weight is 319 g/mol. The van der Waals surface area contributed by atoms with Crippen molar-refractivity contribution in [3.63, 3.8) is 0 Å². The Kier molecular flexibility index (Phi) is 8.11. The third kappa shape index (κ3) is 5.77. The SMILES string of the molecule is CN(C(=O)OCc1ccccc1)C(Cc1ccccc1)C(=O)[O-].[Li+]. The summed E-state index contributed by atoms with van der Waals surface area (Å²) < 4.78 is 5.15. The number of hydrogen-bond acceptors (Lipinski definition) is 4. The minimum Gasteiger partial charge on any atom is -0.548 e. The van der Waals surface area contributed by atoms with Gasteiger partial charge in [0.25, 0.3) is 0 Å². The van der Waals surface area contributed by atoms with Crippen LogP contribution in [0.4, 0.5) is 4.79 Å². The van der Waals surface area contributed by atoms with Crippen LogP contribution in [0.15, 0.2) is 60.7 Å². The maximum atomic E-state index is 12.1. The summed E-state index contributed by atoms with van der Waals surface area (Å²) in [7, 11) is 1.40. The van der Waals surface area contributed by atoms with E-state index >= 15 is 0 Å². The molecule has 0 heterocycles. The molecule has 1 atom stereocenters. The molecule has 0 radical (unpaired) electrons. The number of likely N-dealkylation sites (N-methyl/N-ethyl adjacent to an activating group) is 1. The molecule has 1 unspecified atom stereocenters. The summed E-state index contributed by atoms with van der Waals surface area (Å²) in [4.78, 5) is 24.5. The van der Waals surface area contributed by atoms with Gasteiger partial charge in [-0.2, -0.15) is 0 Å². The van der Waals surface area contributed by atoms with E-state index in [1.165, 1.54) is 7.05 Å². The van der Waals surface area contributed by atoms with Crippen molar-refractivity contribution < 1.29 is 38.3 Å². The minimum atomic E-state index is -1.31. The van der Waals surface area contributed by atoms with Crippen molar-refractivity contribution in [2.45, 2.75) is 19.1 Å². The number of nitrogens with zero attached hydrogens (tertiary/aromatic N) is 1. The van der Waals surface area contributed by atoms with Gasteiger partial charge >= 0.3 is 25.0 Å². The molecular formula is C18H18LiNO4. The number of carboxylic acids is 1. The van der Waals surface area contributed by atoms with Gasteiger partial charge < -0.3 is 19.5 Å². The summed E-state index contributed by atoms with van der Waals surface area (Å²) in [6.07, 6.45) is -0.529. The first kappa shape index (κ1) is 19.8. The van der Waals surface area contributed by atoms with Gasteiger partial charge in [0.1, 0.15) is 6.61 Å². The van der Waals surface area contributed by atoms with Crippen LogP contribution in [0.2, 0.25) is 0 Å². The molecule has 0 saturated heterocycles. The molecule has 120 valence electrons. The molecule has 1 amide bonds. The number of carboxylic acid groups (broad SMARTS) is 1. The van der Waals surface area contributed by atoms with Crippen LogP contribution in [0.5, 0.6) is 0 Å². The Labute approximate surface area is 153 Å². The van der Waals surface area contributed by atoms with Gasteiger partial charge in [0.15, 0.2) is 0 Å². The normalized spacial score (nSPS) is 11.0. The summed E-state index contributed by atoms with van der Waals surface area (Å²) in [5.74, 6) is -1.31. The van der Waals surface area contributed by atoms with Gasteiger partial charge in [0.05, 0.1) is 12.0 Å². The molecule has 0 aliphatic rings. The van der Waals surface area contributed by atoms with Gasteiger partial charge in [-0.1, -0.05) is 60.7 Å². The number of carbonyl (C=O) groups excluding carboxylic acids is 2. The van der Waals surface area contributed by atoms with E-state index in [4.69, 9.17) is 4.74 Å². The predicted octanol–water partition coefficient (Wildman–Crippen LogP) is -1.38. The first-order valence-electron chi connectivity index (χ1n) is 7.26. The fraction of sp³-hybridized carbons (Fsp3) is 0.222. The molecule has 6 heteroatoms. The second-order valence-corrected chi connectivity index (χ2v) is 5.18. The Hall–Kier alpha value is -2.22. The van der Waals surface area contributed by atoms with Crippen molar-refractivity contribution in [1.29, 1.82) is 0 Å². The quantitative estimate of drug-likeness (QED) is 0.616. The zero-order chi connectivity index (χ0) is 16.7. The number of benzene rings is 2. The van der Waals surface area contributed by atoms with Crippen molar-refractivity contribution in [2.24, 2.45) is 0 Å². The maximum Gasteiger partial charge on any atom is 1.00 e. The molecule has 5 nitrogen and oxygen atoms in total. The van der Waals surface area contributed by atoms with Crippen molar-refractivity contribution in [1.82, 2.24) is 4.90 Å². The predicted molar refractivity (Wildman–Crippen MR) is 83.3 cm³/mol. The summed E-state index contributed by atoms with van der Waals surface area (Å²) in [6, 6.07) is 17.2. The van der Waals surface area contributed by atoms with E-state index in [2.05, 4.69) is 0 Å². The maximum absolute atomic E-state index is 12.1. The molecule has 0 saturated carbocycles. The van der Waals surface area contributed by atoms with E-state index in [9.17, 15) is 14.7 Å². The van der Waals surface area contributed by atoms with Crippen LogP contribution < -0.4 is 24.0 Å². The van der Waals surface area contributed by atoms with Crippen molar-refractivity contribution in [3.05, 3.63) is 71.8 Å². The van der Waals surface area contributed by atoms with E-state index in [1.807, 2.05) is 48.5 Å². The molecule has 0 aliphatic carbocycles. The van der Waals surface area contributed by atoms with E-state index in [0.717, 1.165) is 16.0 Å². The van der Waals surface area contributed by atoms with E-state index in [0.29, 0.717) is 0 Å². The molecule has 0 aliphatic heterocycles. The Morgan fingerprint density at radius 3 is 2.00 bits per heavy atom. The van der Waals surface area contributed by atoms with Gasteiger partial charge in [0.2, 0.25) is 0 Å². The number of ether oxygens (including phenoxy) is 1. The van der Waals surface area contributed by atoms with Crippen LogP contribution in [0.3, 0.4) is 0 Å². The topological polar surface area (TPSA) is 69.7 Å². The number of rotatable bonds is 6. The van der Waals surface area contributed by atoms with E-state index in [-0.39, 0.29) is 31.9 Å². The van der Waals surface area contributed by atoms with Gasteiger partial charge in [-0.05, 0) is 17.5 Å². The van der Waals surface area contributed by atoms with Crippen LogP contribution in [0.1, 0.15) is 11.1 Å². The third-order valence-corrected chi connectivity index (χ3v) is 3.50. The van der Waals surface area contributed by atoms with Crippen LogP contribution in [0.25, 0.3) is 0 Å². The molecule has 24 heavy (non-hydrogen) atoms. The number of amides is 1. The minimum absolute atomic E-state index is 0. The Morgan fingerprint density at radius 2 is 1.50 bits per heavy atom. The van der Waals surface area contributed by atoms with Crippen molar-refractivity contribution >= 4 is 12.1 Å². The van der Waals surface area contributed by atoms with Gasteiger partial charge in [-0.25, -0.2) is 4.79 Å². The van der Waals surface area contributed by atoms with Crippen LogP contribution in [-0.2, 0) is 22.6 Å². The molecular weight excluding hydrogens is 301 g/mol. The standard InChI is InChI=1S/C18H19NO4.Li/c1-19(18(22)23-13-15-10-6-3-7-11-15)16(17(20)21)12-14-8-4-2-5-9-14;/h2-11,16H,12-13H2,1H3,(H,20,21);/q;+1/p-1. The first-order valence-corrected chi connectivity index (χ1v) is 7.26. The molecule has 0 aromatic heterocycles. The summed E-state index contributed by atoms with van der Waals surface area (Å²) in [5, 5.41) is 11.4. The Morgan fingerprint density at radius 1 is 1.00 bits per heavy atom. The zero-order valence-electron chi connectivity index (χ0n) is 13.8. The largest absolute Gasteiger partial charge is 1.00 e. The van der Waals surface area contributed by atoms with E-state index < -0.39 is 18.1 Å². The molecule has 2 aromatic carbocycles. The van der Waals surface area contributed by atoms with Crippen LogP contribution in [-0.4, -0.2) is 30.1 Å². The van der Waals surface area contributed by atoms with Gasteiger partial charge in [-0.15, -0.1) is 0 Å². The van der Waals surface area contributed by atoms with Gasteiger partial charge in [0, 0.05) is 7.05 Å². The van der Waals surface area contributed by atoms with Crippen molar-refractivity contribution in [3.8, 4) is 0 Å². The van der Waals surface area contributed by atoms with Crippen LogP contribution >= 0.6 is 0 Å². The summed E-state index contributed by atoms with van der Waals surface area (Å²) >= 11 is 0. The van der Waals surface area contributed by atoms with Crippen molar-refractivity contribution in [2.75, 3.05) is 7.05 Å². The molecule has 0 spiro atoms. The summed E-state index contributed by atoms with van der Waals surface area (Å²) in [5.41, 5.74) is 1.65. The smallest absolute Gasteiger partial charge is 0.548 e. The number of carbonyl (C=O) groups is 2. The third-order valence-electron chi connectivity index (χ3n) is 3.50. The average Bonchev–Trinajstić information content (AvgIpc) is 2.58. The second-order valence-electron chi connectivity index (χ2n) is 5.18. The first-order chi connectivity index (χ1) is 11.1. The fourth-order valence-electron chi connectivity index (χ4n) is 2.16. The Balaban J connectivity index is 0.00000288. The number of hydrogen-bond donors (Lipinski definition) is 0. The summed E-state index contributed by atoms with van der Waals surface area (Å²) in [6.45, 7) is 0.0924. The molecule has 0 N–H and O–H groups in total. The molecule has 2 aromatic rings. The van der Waals surface area contributed by atoms with Gasteiger partial charge in [-0.3, -0.25) is 0 Å². The molecule has 2 rings (SSSR count). The second kappa shape index (κ2) is 9.81. The molecule has 0 bridgehead atoms. The monoisotopic (exact) mass is 319 g/mol. The van der Waals surface area contributed by atoms with Crippen LogP contribution in [0, 0.1) is 0 Å². The zero-order valence-corrected chi connectivity index (χ0v) is 13.8. The van der Waals surface area contributed by atoms with E-state index in [1.54, 1.807) is 12.1 Å². The molecule has 0 fully saturated rings. The Bertz CT molecular complexity index is 649. The fourth-order valence-corrected chi connectivity index (χ4v) is 2.16. The number of aliphatic carboxylic acids is 1.